The fourth-order valence-electron chi connectivity index (χ4n) is 2.23. The summed E-state index contributed by atoms with van der Waals surface area (Å²) in [4.78, 5) is 36.7. The van der Waals surface area contributed by atoms with Crippen LogP contribution in [0, 0.1) is 0 Å². The molecular formula is C17H24N4O3. The first kappa shape index (κ1) is 17.9. The van der Waals surface area contributed by atoms with Crippen molar-refractivity contribution in [2.75, 3.05) is 30.3 Å². The fourth-order valence-corrected chi connectivity index (χ4v) is 2.23. The molecule has 24 heavy (non-hydrogen) atoms. The van der Waals surface area contributed by atoms with Crippen molar-refractivity contribution in [1.82, 2.24) is 10.2 Å². The number of nitrogens with zero attached hydrogens (tertiary/aromatic N) is 1. The normalized spacial score (nSPS) is 13.5. The van der Waals surface area contributed by atoms with Crippen molar-refractivity contribution >= 4 is 29.1 Å². The molecule has 1 aromatic carbocycles. The van der Waals surface area contributed by atoms with Crippen LogP contribution >= 0.6 is 0 Å². The van der Waals surface area contributed by atoms with Gasteiger partial charge in [-0.05, 0) is 43.7 Å². The lowest BCUT2D eigenvalue weighted by Gasteiger charge is -2.19. The Morgan fingerprint density at radius 1 is 1.00 bits per heavy atom. The second-order valence-electron chi connectivity index (χ2n) is 5.95. The third-order valence-electron chi connectivity index (χ3n) is 3.61. The van der Waals surface area contributed by atoms with Crippen molar-refractivity contribution in [3.63, 3.8) is 0 Å². The van der Waals surface area contributed by atoms with Gasteiger partial charge >= 0.3 is 0 Å². The fraction of sp³-hybridized carbons (Fsp3) is 0.471. The number of hydrogen-bond acceptors (Lipinski definition) is 4. The molecule has 1 aromatic rings. The number of rotatable bonds is 8. The summed E-state index contributed by atoms with van der Waals surface area (Å²) in [5, 5.41) is 8.37. The van der Waals surface area contributed by atoms with Crippen LogP contribution in [0.1, 0.15) is 26.7 Å². The van der Waals surface area contributed by atoms with Crippen molar-refractivity contribution in [2.45, 2.75) is 32.7 Å². The van der Waals surface area contributed by atoms with E-state index in [0.29, 0.717) is 24.0 Å². The maximum Gasteiger partial charge on any atom is 0.238 e. The minimum absolute atomic E-state index is 0.0354. The van der Waals surface area contributed by atoms with Gasteiger partial charge < -0.3 is 16.0 Å². The maximum absolute atomic E-state index is 12.1. The zero-order valence-electron chi connectivity index (χ0n) is 14.1. The molecule has 0 heterocycles. The average Bonchev–Trinajstić information content (AvgIpc) is 3.31. The van der Waals surface area contributed by atoms with E-state index in [4.69, 9.17) is 0 Å². The summed E-state index contributed by atoms with van der Waals surface area (Å²) in [5.74, 6) is -0.356. The standard InChI is InChI=1S/C17H24N4O3/c1-3-21(11-17(24)20-15-8-9-15)10-16(23)19-14-6-4-13(5-7-14)18-12(2)22/h4-7,15H,3,8-11H2,1-2H3,(H,18,22)(H,19,23)(H,20,24). The van der Waals surface area contributed by atoms with Crippen LogP contribution in [0.15, 0.2) is 24.3 Å². The maximum atomic E-state index is 12.1. The number of amides is 3. The molecule has 1 saturated carbocycles. The summed E-state index contributed by atoms with van der Waals surface area (Å²) in [6.45, 7) is 4.35. The van der Waals surface area contributed by atoms with Gasteiger partial charge in [0.2, 0.25) is 17.7 Å². The van der Waals surface area contributed by atoms with Gasteiger partial charge in [0.25, 0.3) is 0 Å². The smallest absolute Gasteiger partial charge is 0.238 e. The minimum Gasteiger partial charge on any atom is -0.352 e. The predicted molar refractivity (Wildman–Crippen MR) is 92.7 cm³/mol. The highest BCUT2D eigenvalue weighted by Crippen LogP contribution is 2.18. The Balaban J connectivity index is 1.79. The lowest BCUT2D eigenvalue weighted by Crippen LogP contribution is -2.41. The van der Waals surface area contributed by atoms with E-state index < -0.39 is 0 Å². The van der Waals surface area contributed by atoms with Crippen LogP contribution in [0.5, 0.6) is 0 Å². The monoisotopic (exact) mass is 332 g/mol. The largest absolute Gasteiger partial charge is 0.352 e. The Morgan fingerprint density at radius 3 is 2.04 bits per heavy atom. The van der Waals surface area contributed by atoms with E-state index in [2.05, 4.69) is 16.0 Å². The van der Waals surface area contributed by atoms with E-state index >= 15 is 0 Å². The van der Waals surface area contributed by atoms with E-state index in [1.54, 1.807) is 29.2 Å². The van der Waals surface area contributed by atoms with Gasteiger partial charge in [0.05, 0.1) is 13.1 Å². The van der Waals surface area contributed by atoms with E-state index in [1.165, 1.54) is 6.92 Å². The minimum atomic E-state index is -0.177. The molecule has 0 radical (unpaired) electrons. The van der Waals surface area contributed by atoms with Crippen LogP contribution in [0.4, 0.5) is 11.4 Å². The predicted octanol–water partition coefficient (Wildman–Crippen LogP) is 1.18. The zero-order valence-corrected chi connectivity index (χ0v) is 14.1. The van der Waals surface area contributed by atoms with Crippen LogP contribution < -0.4 is 16.0 Å². The lowest BCUT2D eigenvalue weighted by molar-refractivity contribution is -0.123. The molecular weight excluding hydrogens is 308 g/mol. The Bertz CT molecular complexity index is 596. The molecule has 2 rings (SSSR count). The Kier molecular flexibility index (Phi) is 6.31. The topological polar surface area (TPSA) is 90.5 Å². The summed E-state index contributed by atoms with van der Waals surface area (Å²) in [5.41, 5.74) is 1.32. The number of hydrogen-bond donors (Lipinski definition) is 3. The first-order valence-electron chi connectivity index (χ1n) is 8.15. The van der Waals surface area contributed by atoms with E-state index in [0.717, 1.165) is 12.8 Å². The Labute approximate surface area is 141 Å². The second-order valence-corrected chi connectivity index (χ2v) is 5.95. The summed E-state index contributed by atoms with van der Waals surface area (Å²) in [6, 6.07) is 7.21. The van der Waals surface area contributed by atoms with Crippen LogP contribution in [0.3, 0.4) is 0 Å². The van der Waals surface area contributed by atoms with E-state index in [9.17, 15) is 14.4 Å². The third-order valence-corrected chi connectivity index (χ3v) is 3.61. The number of anilines is 2. The second kappa shape index (κ2) is 8.44. The van der Waals surface area contributed by atoms with E-state index in [1.807, 2.05) is 6.92 Å². The summed E-state index contributed by atoms with van der Waals surface area (Å²) in [6.07, 6.45) is 2.10. The Morgan fingerprint density at radius 2 is 1.54 bits per heavy atom. The van der Waals surface area contributed by atoms with Crippen LogP contribution in [0.2, 0.25) is 0 Å². The van der Waals surface area contributed by atoms with Gasteiger partial charge in [-0.3, -0.25) is 19.3 Å². The van der Waals surface area contributed by atoms with Crippen molar-refractivity contribution < 1.29 is 14.4 Å². The quantitative estimate of drug-likeness (QED) is 0.667. The molecule has 7 heteroatoms. The lowest BCUT2D eigenvalue weighted by atomic mass is 10.2. The molecule has 0 aromatic heterocycles. The Hall–Kier alpha value is -2.41. The summed E-state index contributed by atoms with van der Waals surface area (Å²) >= 11 is 0. The molecule has 1 aliphatic rings. The highest BCUT2D eigenvalue weighted by atomic mass is 16.2. The number of nitrogens with one attached hydrogen (secondary N) is 3. The van der Waals surface area contributed by atoms with Crippen molar-refractivity contribution in [3.05, 3.63) is 24.3 Å². The molecule has 0 spiro atoms. The molecule has 0 saturated heterocycles. The molecule has 0 unspecified atom stereocenters. The van der Waals surface area contributed by atoms with Gasteiger partial charge in [-0.1, -0.05) is 6.92 Å². The van der Waals surface area contributed by atoms with Crippen LogP contribution in [0.25, 0.3) is 0 Å². The van der Waals surface area contributed by atoms with Gasteiger partial charge in [-0.15, -0.1) is 0 Å². The third kappa shape index (κ3) is 6.37. The van der Waals surface area contributed by atoms with Crippen molar-refractivity contribution in [3.8, 4) is 0 Å². The number of likely N-dealkylation sites (N-methyl/N-ethyl adjacent to an activating group) is 1. The van der Waals surface area contributed by atoms with Crippen LogP contribution in [-0.2, 0) is 14.4 Å². The zero-order chi connectivity index (χ0) is 17.5. The summed E-state index contributed by atoms with van der Waals surface area (Å²) < 4.78 is 0. The van der Waals surface area contributed by atoms with Gasteiger partial charge in [0, 0.05) is 24.3 Å². The highest BCUT2D eigenvalue weighted by molar-refractivity contribution is 5.93. The SMILES string of the molecule is CCN(CC(=O)Nc1ccc(NC(C)=O)cc1)CC(=O)NC1CC1. The number of carbonyl (C=O) groups excluding carboxylic acids is 3. The highest BCUT2D eigenvalue weighted by Gasteiger charge is 2.24. The molecule has 3 amide bonds. The summed E-state index contributed by atoms with van der Waals surface area (Å²) in [7, 11) is 0. The molecule has 0 aliphatic heterocycles. The average molecular weight is 332 g/mol. The number of benzene rings is 1. The molecule has 0 atom stereocenters. The number of carbonyl (C=O) groups is 3. The van der Waals surface area contributed by atoms with Gasteiger partial charge in [0.1, 0.15) is 0 Å². The van der Waals surface area contributed by atoms with Crippen molar-refractivity contribution in [2.24, 2.45) is 0 Å². The van der Waals surface area contributed by atoms with Crippen LogP contribution in [-0.4, -0.2) is 48.3 Å². The molecule has 3 N–H and O–H groups in total. The van der Waals surface area contributed by atoms with Crippen molar-refractivity contribution in [1.29, 1.82) is 0 Å². The molecule has 0 bridgehead atoms. The van der Waals surface area contributed by atoms with Gasteiger partial charge in [-0.2, -0.15) is 0 Å². The molecule has 1 aliphatic carbocycles. The van der Waals surface area contributed by atoms with Gasteiger partial charge in [0.15, 0.2) is 0 Å². The molecule has 130 valence electrons. The molecule has 1 fully saturated rings. The molecule has 7 nitrogen and oxygen atoms in total. The first-order chi connectivity index (χ1) is 11.5. The first-order valence-corrected chi connectivity index (χ1v) is 8.15. The van der Waals surface area contributed by atoms with Gasteiger partial charge in [-0.25, -0.2) is 0 Å². The van der Waals surface area contributed by atoms with E-state index in [-0.39, 0.29) is 30.8 Å².